The largest absolute Gasteiger partial charge is 0.357 e. The Labute approximate surface area is 132 Å². The molecule has 7 nitrogen and oxygen atoms in total. The summed E-state index contributed by atoms with van der Waals surface area (Å²) in [6, 6.07) is 1.93. The predicted molar refractivity (Wildman–Crippen MR) is 86.6 cm³/mol. The maximum absolute atomic E-state index is 11.4. The maximum Gasteiger partial charge on any atom is 0.219 e. The van der Waals surface area contributed by atoms with Gasteiger partial charge in [-0.25, -0.2) is 0 Å². The van der Waals surface area contributed by atoms with E-state index in [1.165, 1.54) is 0 Å². The van der Waals surface area contributed by atoms with Gasteiger partial charge in [0.15, 0.2) is 5.96 Å². The topological polar surface area (TPSA) is 65.8 Å². The highest BCUT2D eigenvalue weighted by atomic mass is 16.2. The SMILES string of the molecule is CCNC(=NCCCn1cccn1)N1CCN(C(C)=O)CC1. The lowest BCUT2D eigenvalue weighted by molar-refractivity contribution is -0.130. The first-order chi connectivity index (χ1) is 10.7. The molecule has 0 spiro atoms. The highest BCUT2D eigenvalue weighted by Crippen LogP contribution is 2.03. The lowest BCUT2D eigenvalue weighted by atomic mass is 10.3. The van der Waals surface area contributed by atoms with E-state index in [9.17, 15) is 4.79 Å². The number of carbonyl (C=O) groups excluding carboxylic acids is 1. The highest BCUT2D eigenvalue weighted by Gasteiger charge is 2.20. The van der Waals surface area contributed by atoms with Crippen LogP contribution in [0.5, 0.6) is 0 Å². The fourth-order valence-corrected chi connectivity index (χ4v) is 2.51. The lowest BCUT2D eigenvalue weighted by Crippen LogP contribution is -2.53. The summed E-state index contributed by atoms with van der Waals surface area (Å²) in [4.78, 5) is 20.2. The quantitative estimate of drug-likeness (QED) is 0.486. The zero-order chi connectivity index (χ0) is 15.8. The summed E-state index contributed by atoms with van der Waals surface area (Å²) in [7, 11) is 0. The maximum atomic E-state index is 11.4. The number of amides is 1. The Morgan fingerprint density at radius 3 is 2.59 bits per heavy atom. The molecule has 22 heavy (non-hydrogen) atoms. The second-order valence-corrected chi connectivity index (χ2v) is 5.35. The number of hydrogen-bond donors (Lipinski definition) is 1. The van der Waals surface area contributed by atoms with Gasteiger partial charge < -0.3 is 15.1 Å². The number of hydrogen-bond acceptors (Lipinski definition) is 3. The minimum atomic E-state index is 0.154. The van der Waals surface area contributed by atoms with E-state index in [2.05, 4.69) is 22.2 Å². The van der Waals surface area contributed by atoms with Crippen LogP contribution in [0.4, 0.5) is 0 Å². The van der Waals surface area contributed by atoms with Gasteiger partial charge in [-0.2, -0.15) is 5.10 Å². The van der Waals surface area contributed by atoms with E-state index in [0.717, 1.165) is 58.2 Å². The van der Waals surface area contributed by atoms with Crippen LogP contribution in [0.2, 0.25) is 0 Å². The summed E-state index contributed by atoms with van der Waals surface area (Å²) in [6.07, 6.45) is 4.72. The van der Waals surface area contributed by atoms with Gasteiger partial charge in [-0.1, -0.05) is 0 Å². The Kier molecular flexibility index (Phi) is 6.24. The number of piperazine rings is 1. The number of aliphatic imine (C=N–C) groups is 1. The summed E-state index contributed by atoms with van der Waals surface area (Å²) in [5.41, 5.74) is 0. The van der Waals surface area contributed by atoms with Crippen LogP contribution in [-0.2, 0) is 11.3 Å². The van der Waals surface area contributed by atoms with Crippen molar-refractivity contribution in [1.82, 2.24) is 24.9 Å². The molecule has 2 heterocycles. The smallest absolute Gasteiger partial charge is 0.219 e. The molecule has 0 aromatic carbocycles. The van der Waals surface area contributed by atoms with Gasteiger partial charge in [0.25, 0.3) is 0 Å². The van der Waals surface area contributed by atoms with Crippen molar-refractivity contribution in [3.63, 3.8) is 0 Å². The van der Waals surface area contributed by atoms with Crippen molar-refractivity contribution >= 4 is 11.9 Å². The Balaban J connectivity index is 1.81. The van der Waals surface area contributed by atoms with Crippen LogP contribution in [0, 0.1) is 0 Å². The van der Waals surface area contributed by atoms with Crippen LogP contribution < -0.4 is 5.32 Å². The van der Waals surface area contributed by atoms with Gasteiger partial charge in [0.2, 0.25) is 5.91 Å². The molecule has 0 bridgehead atoms. The third-order valence-electron chi connectivity index (χ3n) is 3.73. The minimum absolute atomic E-state index is 0.154. The van der Waals surface area contributed by atoms with Crippen molar-refractivity contribution in [3.8, 4) is 0 Å². The summed E-state index contributed by atoms with van der Waals surface area (Å²) < 4.78 is 1.92. The molecule has 0 atom stereocenters. The van der Waals surface area contributed by atoms with Crippen LogP contribution in [0.1, 0.15) is 20.3 Å². The van der Waals surface area contributed by atoms with Gasteiger partial charge in [-0.15, -0.1) is 0 Å². The normalized spacial score (nSPS) is 16.0. The molecule has 2 rings (SSSR count). The van der Waals surface area contributed by atoms with Gasteiger partial charge in [-0.05, 0) is 19.4 Å². The third-order valence-corrected chi connectivity index (χ3v) is 3.73. The molecule has 1 aromatic rings. The molecule has 1 amide bonds. The zero-order valence-electron chi connectivity index (χ0n) is 13.5. The van der Waals surface area contributed by atoms with Crippen molar-refractivity contribution in [3.05, 3.63) is 18.5 Å². The summed E-state index contributed by atoms with van der Waals surface area (Å²) in [6.45, 7) is 9.43. The van der Waals surface area contributed by atoms with Gasteiger partial charge in [0.05, 0.1) is 0 Å². The second kappa shape index (κ2) is 8.41. The Hall–Kier alpha value is -2.05. The first kappa shape index (κ1) is 16.3. The Morgan fingerprint density at radius 2 is 2.00 bits per heavy atom. The molecule has 1 N–H and O–H groups in total. The van der Waals surface area contributed by atoms with E-state index in [1.54, 1.807) is 13.1 Å². The average Bonchev–Trinajstić information content (AvgIpc) is 3.04. The number of nitrogens with one attached hydrogen (secondary N) is 1. The molecule has 1 aliphatic heterocycles. The first-order valence-corrected chi connectivity index (χ1v) is 7.97. The number of rotatable bonds is 5. The Morgan fingerprint density at radius 1 is 1.27 bits per heavy atom. The summed E-state index contributed by atoms with van der Waals surface area (Å²) in [5, 5.41) is 7.53. The molecule has 1 aromatic heterocycles. The standard InChI is InChI=1S/C15H26N6O/c1-3-16-15(17-6-4-8-21-9-5-7-18-21)20-12-10-19(11-13-20)14(2)22/h5,7,9H,3-4,6,8,10-13H2,1-2H3,(H,16,17). The first-order valence-electron chi connectivity index (χ1n) is 7.97. The molecular weight excluding hydrogens is 280 g/mol. The van der Waals surface area contributed by atoms with Crippen molar-refractivity contribution < 1.29 is 4.79 Å². The van der Waals surface area contributed by atoms with Crippen molar-refractivity contribution in [1.29, 1.82) is 0 Å². The fraction of sp³-hybridized carbons (Fsp3) is 0.667. The van der Waals surface area contributed by atoms with Crippen molar-refractivity contribution in [2.75, 3.05) is 39.3 Å². The van der Waals surface area contributed by atoms with Gasteiger partial charge in [0.1, 0.15) is 0 Å². The third kappa shape index (κ3) is 4.75. The number of carbonyl (C=O) groups is 1. The van der Waals surface area contributed by atoms with Crippen molar-refractivity contribution in [2.24, 2.45) is 4.99 Å². The van der Waals surface area contributed by atoms with E-state index in [0.29, 0.717) is 0 Å². The van der Waals surface area contributed by atoms with E-state index in [1.807, 2.05) is 21.8 Å². The van der Waals surface area contributed by atoms with Crippen LogP contribution >= 0.6 is 0 Å². The van der Waals surface area contributed by atoms with Crippen LogP contribution in [0.3, 0.4) is 0 Å². The molecule has 0 saturated carbocycles. The summed E-state index contributed by atoms with van der Waals surface area (Å²) in [5.74, 6) is 1.10. The molecular formula is C15H26N6O. The highest BCUT2D eigenvalue weighted by molar-refractivity contribution is 5.80. The Bertz CT molecular complexity index is 476. The van der Waals surface area contributed by atoms with E-state index in [4.69, 9.17) is 4.99 Å². The molecule has 7 heteroatoms. The molecule has 122 valence electrons. The van der Waals surface area contributed by atoms with Gasteiger partial charge in [-0.3, -0.25) is 14.5 Å². The average molecular weight is 306 g/mol. The summed E-state index contributed by atoms with van der Waals surface area (Å²) >= 11 is 0. The van der Waals surface area contributed by atoms with Crippen LogP contribution in [0.25, 0.3) is 0 Å². The van der Waals surface area contributed by atoms with Gasteiger partial charge in [0, 0.05) is 65.1 Å². The number of aryl methyl sites for hydroxylation is 1. The number of aromatic nitrogens is 2. The van der Waals surface area contributed by atoms with E-state index >= 15 is 0 Å². The molecule has 0 radical (unpaired) electrons. The molecule has 1 fully saturated rings. The van der Waals surface area contributed by atoms with E-state index in [-0.39, 0.29) is 5.91 Å². The van der Waals surface area contributed by atoms with Crippen molar-refractivity contribution in [2.45, 2.75) is 26.8 Å². The van der Waals surface area contributed by atoms with Crippen LogP contribution in [0.15, 0.2) is 23.5 Å². The molecule has 0 unspecified atom stereocenters. The minimum Gasteiger partial charge on any atom is -0.357 e. The molecule has 1 aliphatic rings. The van der Waals surface area contributed by atoms with Crippen LogP contribution in [-0.4, -0.2) is 70.7 Å². The van der Waals surface area contributed by atoms with Gasteiger partial charge >= 0.3 is 0 Å². The molecule has 1 saturated heterocycles. The number of guanidine groups is 1. The lowest BCUT2D eigenvalue weighted by Gasteiger charge is -2.36. The zero-order valence-corrected chi connectivity index (χ0v) is 13.5. The fourth-order valence-electron chi connectivity index (χ4n) is 2.51. The predicted octanol–water partition coefficient (Wildman–Crippen LogP) is 0.403. The van der Waals surface area contributed by atoms with E-state index < -0.39 is 0 Å². The molecule has 0 aliphatic carbocycles. The second-order valence-electron chi connectivity index (χ2n) is 5.35. The number of nitrogens with zero attached hydrogens (tertiary/aromatic N) is 5. The monoisotopic (exact) mass is 306 g/mol.